The Hall–Kier alpha value is -0.260. The summed E-state index contributed by atoms with van der Waals surface area (Å²) in [6.45, 7) is 3.93. The van der Waals surface area contributed by atoms with Gasteiger partial charge in [-0.15, -0.1) is 6.58 Å². The van der Waals surface area contributed by atoms with Gasteiger partial charge in [-0.1, -0.05) is 29.3 Å². The van der Waals surface area contributed by atoms with E-state index in [9.17, 15) is 4.79 Å². The number of amides is 1. The van der Waals surface area contributed by atoms with Crippen molar-refractivity contribution < 1.29 is 4.79 Å². The van der Waals surface area contributed by atoms with Crippen molar-refractivity contribution in [1.29, 1.82) is 0 Å². The maximum atomic E-state index is 11.6. The summed E-state index contributed by atoms with van der Waals surface area (Å²) in [5.41, 5.74) is 0.481. The summed E-state index contributed by atoms with van der Waals surface area (Å²) < 4.78 is 0.695. The summed E-state index contributed by atoms with van der Waals surface area (Å²) >= 11 is 13.7. The Bertz CT molecular complexity index is 407. The summed E-state index contributed by atoms with van der Waals surface area (Å²) in [4.78, 5) is 11.6. The predicted molar refractivity (Wildman–Crippen MR) is 71.7 cm³/mol. The highest BCUT2D eigenvalue weighted by atomic mass is 127. The van der Waals surface area contributed by atoms with Gasteiger partial charge in [-0.25, -0.2) is 0 Å². The SMILES string of the molecule is C=CCNC(=O)c1cc(Cl)cc(Cl)c1I. The van der Waals surface area contributed by atoms with Crippen LogP contribution in [0.15, 0.2) is 24.8 Å². The van der Waals surface area contributed by atoms with Gasteiger partial charge in [0.15, 0.2) is 0 Å². The maximum absolute atomic E-state index is 11.6. The van der Waals surface area contributed by atoms with Gasteiger partial charge < -0.3 is 5.32 Å². The molecule has 0 fully saturated rings. The normalized spacial score (nSPS) is 9.80. The number of halogens is 3. The topological polar surface area (TPSA) is 29.1 Å². The Morgan fingerprint density at radius 2 is 2.20 bits per heavy atom. The van der Waals surface area contributed by atoms with Crippen molar-refractivity contribution in [2.75, 3.05) is 6.54 Å². The van der Waals surface area contributed by atoms with Gasteiger partial charge in [0, 0.05) is 15.1 Å². The van der Waals surface area contributed by atoms with Crippen molar-refractivity contribution in [3.05, 3.63) is 44.0 Å². The Morgan fingerprint density at radius 3 is 2.80 bits per heavy atom. The highest BCUT2D eigenvalue weighted by molar-refractivity contribution is 14.1. The van der Waals surface area contributed by atoms with E-state index in [1.807, 2.05) is 22.6 Å². The number of nitrogens with one attached hydrogen (secondary N) is 1. The Balaban J connectivity index is 3.02. The summed E-state index contributed by atoms with van der Waals surface area (Å²) in [6, 6.07) is 3.20. The molecule has 0 aliphatic rings. The van der Waals surface area contributed by atoms with Gasteiger partial charge in [0.25, 0.3) is 5.91 Å². The smallest absolute Gasteiger partial charge is 0.252 e. The second-order valence-electron chi connectivity index (χ2n) is 2.75. The second kappa shape index (κ2) is 5.72. The molecule has 0 saturated heterocycles. The first-order valence-electron chi connectivity index (χ1n) is 4.10. The molecular formula is C10H8Cl2INO. The minimum Gasteiger partial charge on any atom is -0.349 e. The molecule has 1 rings (SSSR count). The quantitative estimate of drug-likeness (QED) is 0.501. The maximum Gasteiger partial charge on any atom is 0.252 e. The lowest BCUT2D eigenvalue weighted by molar-refractivity contribution is 0.0957. The summed E-state index contributed by atoms with van der Waals surface area (Å²) in [6.07, 6.45) is 1.61. The van der Waals surface area contributed by atoms with Crippen LogP contribution < -0.4 is 5.32 Å². The lowest BCUT2D eigenvalue weighted by Gasteiger charge is -2.06. The Morgan fingerprint density at radius 1 is 1.53 bits per heavy atom. The molecule has 1 N–H and O–H groups in total. The number of hydrogen-bond donors (Lipinski definition) is 1. The van der Waals surface area contributed by atoms with Gasteiger partial charge in [0.1, 0.15) is 0 Å². The fraction of sp³-hybridized carbons (Fsp3) is 0.100. The van der Waals surface area contributed by atoms with Crippen molar-refractivity contribution >= 4 is 51.7 Å². The summed E-state index contributed by atoms with van der Waals surface area (Å²) in [5, 5.41) is 3.59. The molecule has 1 aromatic carbocycles. The Kier molecular flexibility index (Phi) is 4.89. The highest BCUT2D eigenvalue weighted by Crippen LogP contribution is 2.26. The van der Waals surface area contributed by atoms with Crippen LogP contribution in [0.5, 0.6) is 0 Å². The van der Waals surface area contributed by atoms with Crippen LogP contribution in [-0.2, 0) is 0 Å². The number of benzene rings is 1. The molecule has 1 aromatic rings. The fourth-order valence-electron chi connectivity index (χ4n) is 0.981. The van der Waals surface area contributed by atoms with E-state index in [1.54, 1.807) is 18.2 Å². The molecule has 0 bridgehead atoms. The summed E-state index contributed by atoms with van der Waals surface area (Å²) in [5.74, 6) is -0.205. The van der Waals surface area contributed by atoms with E-state index in [4.69, 9.17) is 23.2 Å². The third kappa shape index (κ3) is 3.36. The van der Waals surface area contributed by atoms with Gasteiger partial charge in [-0.05, 0) is 34.7 Å². The largest absolute Gasteiger partial charge is 0.349 e. The third-order valence-corrected chi connectivity index (χ3v) is 3.64. The van der Waals surface area contributed by atoms with Crippen molar-refractivity contribution in [3.8, 4) is 0 Å². The molecule has 80 valence electrons. The zero-order chi connectivity index (χ0) is 11.4. The molecule has 15 heavy (non-hydrogen) atoms. The predicted octanol–water partition coefficient (Wildman–Crippen LogP) is 3.51. The van der Waals surface area contributed by atoms with E-state index >= 15 is 0 Å². The molecule has 2 nitrogen and oxygen atoms in total. The van der Waals surface area contributed by atoms with Gasteiger partial charge in [-0.3, -0.25) is 4.79 Å². The molecule has 0 aliphatic carbocycles. The Labute approximate surface area is 112 Å². The number of hydrogen-bond acceptors (Lipinski definition) is 1. The lowest BCUT2D eigenvalue weighted by atomic mass is 10.2. The molecular weight excluding hydrogens is 348 g/mol. The molecule has 5 heteroatoms. The van der Waals surface area contributed by atoms with E-state index in [-0.39, 0.29) is 5.91 Å². The van der Waals surface area contributed by atoms with Crippen molar-refractivity contribution in [1.82, 2.24) is 5.32 Å². The van der Waals surface area contributed by atoms with Crippen LogP contribution >= 0.6 is 45.8 Å². The van der Waals surface area contributed by atoms with Crippen LogP contribution in [0.3, 0.4) is 0 Å². The minimum atomic E-state index is -0.205. The van der Waals surface area contributed by atoms with Gasteiger partial charge >= 0.3 is 0 Å². The average Bonchev–Trinajstić information content (AvgIpc) is 2.19. The number of carbonyl (C=O) groups excluding carboxylic acids is 1. The molecule has 0 atom stereocenters. The van der Waals surface area contributed by atoms with Crippen LogP contribution in [0.1, 0.15) is 10.4 Å². The van der Waals surface area contributed by atoms with E-state index in [1.165, 1.54) is 0 Å². The minimum absolute atomic E-state index is 0.205. The molecule has 0 aromatic heterocycles. The van der Waals surface area contributed by atoms with Crippen LogP contribution in [-0.4, -0.2) is 12.5 Å². The van der Waals surface area contributed by atoms with E-state index < -0.39 is 0 Å². The molecule has 0 saturated carbocycles. The fourth-order valence-corrected chi connectivity index (χ4v) is 2.03. The first-order valence-corrected chi connectivity index (χ1v) is 5.93. The molecule has 0 spiro atoms. The highest BCUT2D eigenvalue weighted by Gasteiger charge is 2.12. The lowest BCUT2D eigenvalue weighted by Crippen LogP contribution is -2.24. The third-order valence-electron chi connectivity index (χ3n) is 1.64. The molecule has 0 unspecified atom stereocenters. The van der Waals surface area contributed by atoms with Crippen molar-refractivity contribution in [3.63, 3.8) is 0 Å². The van der Waals surface area contributed by atoms with Gasteiger partial charge in [-0.2, -0.15) is 0 Å². The van der Waals surface area contributed by atoms with Crippen molar-refractivity contribution in [2.24, 2.45) is 0 Å². The van der Waals surface area contributed by atoms with Crippen LogP contribution in [0.4, 0.5) is 0 Å². The zero-order valence-electron chi connectivity index (χ0n) is 7.69. The first kappa shape index (κ1) is 12.8. The summed E-state index contributed by atoms with van der Waals surface area (Å²) in [7, 11) is 0. The second-order valence-corrected chi connectivity index (χ2v) is 4.67. The molecule has 0 radical (unpaired) electrons. The van der Waals surface area contributed by atoms with E-state index in [0.29, 0.717) is 25.7 Å². The van der Waals surface area contributed by atoms with Crippen LogP contribution in [0.2, 0.25) is 10.0 Å². The molecule has 1 amide bonds. The number of rotatable bonds is 3. The van der Waals surface area contributed by atoms with Crippen LogP contribution in [0.25, 0.3) is 0 Å². The van der Waals surface area contributed by atoms with E-state index in [0.717, 1.165) is 0 Å². The first-order chi connectivity index (χ1) is 7.06. The standard InChI is InChI=1S/C10H8Cl2INO/c1-2-3-14-10(15)7-4-6(11)5-8(12)9(7)13/h2,4-5H,1,3H2,(H,14,15). The van der Waals surface area contributed by atoms with Gasteiger partial charge in [0.2, 0.25) is 0 Å². The van der Waals surface area contributed by atoms with Crippen molar-refractivity contribution in [2.45, 2.75) is 0 Å². The van der Waals surface area contributed by atoms with E-state index in [2.05, 4.69) is 11.9 Å². The molecule has 0 heterocycles. The zero-order valence-corrected chi connectivity index (χ0v) is 11.4. The monoisotopic (exact) mass is 355 g/mol. The van der Waals surface area contributed by atoms with Gasteiger partial charge in [0.05, 0.1) is 10.6 Å². The molecule has 0 aliphatic heterocycles. The number of carbonyl (C=O) groups is 1. The van der Waals surface area contributed by atoms with Crippen LogP contribution in [0, 0.1) is 3.57 Å². The average molecular weight is 356 g/mol.